The maximum atomic E-state index is 5.80. The highest BCUT2D eigenvalue weighted by Crippen LogP contribution is 2.28. The standard InChI is InChI=1S/C17H16N2OS/c1-12-9-14(18)7-8-16(12)21-11-17-19-10-15(20-17)13-5-3-2-4-6-13/h2-10H,11,18H2,1H3. The Bertz CT molecular complexity index is 738. The van der Waals surface area contributed by atoms with E-state index in [1.807, 2.05) is 48.5 Å². The molecule has 0 saturated carbocycles. The van der Waals surface area contributed by atoms with Gasteiger partial charge in [-0.25, -0.2) is 4.98 Å². The lowest BCUT2D eigenvalue weighted by molar-refractivity contribution is 0.530. The summed E-state index contributed by atoms with van der Waals surface area (Å²) in [5.41, 5.74) is 8.78. The van der Waals surface area contributed by atoms with Crippen molar-refractivity contribution in [2.75, 3.05) is 5.73 Å². The number of aromatic nitrogens is 1. The smallest absolute Gasteiger partial charge is 0.205 e. The van der Waals surface area contributed by atoms with Gasteiger partial charge in [0.1, 0.15) is 0 Å². The van der Waals surface area contributed by atoms with Gasteiger partial charge in [-0.3, -0.25) is 0 Å². The Labute approximate surface area is 128 Å². The van der Waals surface area contributed by atoms with E-state index in [9.17, 15) is 0 Å². The van der Waals surface area contributed by atoms with E-state index < -0.39 is 0 Å². The zero-order valence-corrected chi connectivity index (χ0v) is 12.6. The Kier molecular flexibility index (Phi) is 3.97. The highest BCUT2D eigenvalue weighted by atomic mass is 32.2. The summed E-state index contributed by atoms with van der Waals surface area (Å²) in [4.78, 5) is 5.54. The van der Waals surface area contributed by atoms with E-state index in [-0.39, 0.29) is 0 Å². The number of aryl methyl sites for hydroxylation is 1. The molecular formula is C17H16N2OS. The molecule has 0 aliphatic rings. The lowest BCUT2D eigenvalue weighted by Gasteiger charge is -2.04. The molecule has 0 spiro atoms. The van der Waals surface area contributed by atoms with Crippen molar-refractivity contribution in [1.29, 1.82) is 0 Å². The SMILES string of the molecule is Cc1cc(N)ccc1SCc1ncc(-c2ccccc2)o1. The summed E-state index contributed by atoms with van der Waals surface area (Å²) < 4.78 is 5.80. The minimum Gasteiger partial charge on any atom is -0.440 e. The molecule has 2 N–H and O–H groups in total. The first-order valence-corrected chi connectivity index (χ1v) is 7.70. The van der Waals surface area contributed by atoms with Gasteiger partial charge in [-0.05, 0) is 30.7 Å². The van der Waals surface area contributed by atoms with E-state index in [0.717, 1.165) is 22.9 Å². The predicted octanol–water partition coefficient (Wildman–Crippen LogP) is 4.52. The van der Waals surface area contributed by atoms with Gasteiger partial charge in [0, 0.05) is 16.1 Å². The number of benzene rings is 2. The molecule has 0 aliphatic heterocycles. The van der Waals surface area contributed by atoms with Crippen molar-refractivity contribution in [2.45, 2.75) is 17.6 Å². The van der Waals surface area contributed by atoms with Gasteiger partial charge in [-0.15, -0.1) is 11.8 Å². The van der Waals surface area contributed by atoms with Crippen LogP contribution in [0.3, 0.4) is 0 Å². The van der Waals surface area contributed by atoms with Crippen LogP contribution in [0.1, 0.15) is 11.5 Å². The molecule has 2 aromatic carbocycles. The Balaban J connectivity index is 1.70. The lowest BCUT2D eigenvalue weighted by Crippen LogP contribution is -1.88. The Morgan fingerprint density at radius 2 is 1.95 bits per heavy atom. The van der Waals surface area contributed by atoms with E-state index >= 15 is 0 Å². The van der Waals surface area contributed by atoms with Crippen molar-refractivity contribution >= 4 is 17.4 Å². The number of nitrogen functional groups attached to an aromatic ring is 1. The average molecular weight is 296 g/mol. The van der Waals surface area contributed by atoms with Crippen LogP contribution in [0, 0.1) is 6.92 Å². The number of anilines is 1. The molecule has 106 valence electrons. The lowest BCUT2D eigenvalue weighted by atomic mass is 10.2. The molecule has 0 unspecified atom stereocenters. The molecule has 21 heavy (non-hydrogen) atoms. The Morgan fingerprint density at radius 3 is 2.71 bits per heavy atom. The van der Waals surface area contributed by atoms with Crippen LogP contribution in [0.5, 0.6) is 0 Å². The minimum atomic E-state index is 0.706. The third-order valence-corrected chi connectivity index (χ3v) is 4.32. The van der Waals surface area contributed by atoms with Crippen molar-refractivity contribution in [2.24, 2.45) is 0 Å². The number of nitrogens with zero attached hydrogens (tertiary/aromatic N) is 1. The molecule has 0 amide bonds. The van der Waals surface area contributed by atoms with E-state index in [4.69, 9.17) is 10.2 Å². The fourth-order valence-corrected chi connectivity index (χ4v) is 2.95. The second kappa shape index (κ2) is 6.06. The van der Waals surface area contributed by atoms with Crippen molar-refractivity contribution < 1.29 is 4.42 Å². The summed E-state index contributed by atoms with van der Waals surface area (Å²) in [6.45, 7) is 2.06. The number of thioether (sulfide) groups is 1. The van der Waals surface area contributed by atoms with E-state index in [1.165, 1.54) is 10.5 Å². The fraction of sp³-hybridized carbons (Fsp3) is 0.118. The van der Waals surface area contributed by atoms with E-state index in [2.05, 4.69) is 11.9 Å². The van der Waals surface area contributed by atoms with Crippen LogP contribution in [0.4, 0.5) is 5.69 Å². The Morgan fingerprint density at radius 1 is 1.14 bits per heavy atom. The molecule has 0 atom stereocenters. The van der Waals surface area contributed by atoms with Gasteiger partial charge in [-0.2, -0.15) is 0 Å². The van der Waals surface area contributed by atoms with Crippen molar-refractivity contribution in [1.82, 2.24) is 4.98 Å². The predicted molar refractivity (Wildman–Crippen MR) is 87.1 cm³/mol. The average Bonchev–Trinajstić information content (AvgIpc) is 2.96. The van der Waals surface area contributed by atoms with Crippen LogP contribution >= 0.6 is 11.8 Å². The number of nitrogens with two attached hydrogens (primary N) is 1. The van der Waals surface area contributed by atoms with Crippen LogP contribution < -0.4 is 5.73 Å². The van der Waals surface area contributed by atoms with Gasteiger partial charge >= 0.3 is 0 Å². The van der Waals surface area contributed by atoms with E-state index in [1.54, 1.807) is 18.0 Å². The van der Waals surface area contributed by atoms with Crippen LogP contribution in [0.25, 0.3) is 11.3 Å². The molecule has 0 aliphatic carbocycles. The summed E-state index contributed by atoms with van der Waals surface area (Å²) in [6.07, 6.45) is 1.78. The van der Waals surface area contributed by atoms with E-state index in [0.29, 0.717) is 5.75 Å². The molecular weight excluding hydrogens is 280 g/mol. The topological polar surface area (TPSA) is 52.0 Å². The van der Waals surface area contributed by atoms with Gasteiger partial charge in [0.05, 0.1) is 11.9 Å². The second-order valence-electron chi connectivity index (χ2n) is 4.80. The van der Waals surface area contributed by atoms with Gasteiger partial charge in [-0.1, -0.05) is 30.3 Å². The molecule has 1 heterocycles. The van der Waals surface area contributed by atoms with Crippen LogP contribution in [-0.4, -0.2) is 4.98 Å². The van der Waals surface area contributed by atoms with Gasteiger partial charge < -0.3 is 10.2 Å². The largest absolute Gasteiger partial charge is 0.440 e. The highest BCUT2D eigenvalue weighted by molar-refractivity contribution is 7.98. The summed E-state index contributed by atoms with van der Waals surface area (Å²) in [6, 6.07) is 15.9. The third-order valence-electron chi connectivity index (χ3n) is 3.16. The second-order valence-corrected chi connectivity index (χ2v) is 5.82. The first-order chi connectivity index (χ1) is 10.2. The van der Waals surface area contributed by atoms with Crippen LogP contribution in [0.2, 0.25) is 0 Å². The first-order valence-electron chi connectivity index (χ1n) is 6.71. The maximum Gasteiger partial charge on any atom is 0.205 e. The molecule has 0 saturated heterocycles. The number of hydrogen-bond acceptors (Lipinski definition) is 4. The molecule has 3 nitrogen and oxygen atoms in total. The molecule has 1 aromatic heterocycles. The van der Waals surface area contributed by atoms with Crippen molar-refractivity contribution in [3.05, 3.63) is 66.2 Å². The summed E-state index contributed by atoms with van der Waals surface area (Å²) in [5.74, 6) is 2.24. The summed E-state index contributed by atoms with van der Waals surface area (Å²) in [5, 5.41) is 0. The van der Waals surface area contributed by atoms with Crippen LogP contribution in [0.15, 0.2) is 64.0 Å². The van der Waals surface area contributed by atoms with Gasteiger partial charge in [0.2, 0.25) is 5.89 Å². The molecule has 0 radical (unpaired) electrons. The quantitative estimate of drug-likeness (QED) is 0.568. The molecule has 3 aromatic rings. The summed E-state index contributed by atoms with van der Waals surface area (Å²) in [7, 11) is 0. The molecule has 4 heteroatoms. The summed E-state index contributed by atoms with van der Waals surface area (Å²) >= 11 is 1.71. The highest BCUT2D eigenvalue weighted by Gasteiger charge is 2.07. The van der Waals surface area contributed by atoms with Crippen molar-refractivity contribution in [3.8, 4) is 11.3 Å². The van der Waals surface area contributed by atoms with Gasteiger partial charge in [0.25, 0.3) is 0 Å². The number of oxazole rings is 1. The first kappa shape index (κ1) is 13.8. The normalized spacial score (nSPS) is 10.7. The number of rotatable bonds is 4. The fourth-order valence-electron chi connectivity index (χ4n) is 2.09. The molecule has 3 rings (SSSR count). The van der Waals surface area contributed by atoms with Gasteiger partial charge in [0.15, 0.2) is 5.76 Å². The van der Waals surface area contributed by atoms with Crippen LogP contribution in [-0.2, 0) is 5.75 Å². The molecule has 0 bridgehead atoms. The monoisotopic (exact) mass is 296 g/mol. The zero-order chi connectivity index (χ0) is 14.7. The third kappa shape index (κ3) is 3.28. The maximum absolute atomic E-state index is 5.80. The Hall–Kier alpha value is -2.20. The zero-order valence-electron chi connectivity index (χ0n) is 11.7. The molecule has 0 fully saturated rings. The van der Waals surface area contributed by atoms with Crippen molar-refractivity contribution in [3.63, 3.8) is 0 Å². The number of hydrogen-bond donors (Lipinski definition) is 1. The minimum absolute atomic E-state index is 0.706.